The van der Waals surface area contributed by atoms with Gasteiger partial charge in [-0.25, -0.2) is 4.39 Å². The molecule has 0 bridgehead atoms. The van der Waals surface area contributed by atoms with Gasteiger partial charge in [-0.3, -0.25) is 4.79 Å². The van der Waals surface area contributed by atoms with Crippen LogP contribution >= 0.6 is 0 Å². The van der Waals surface area contributed by atoms with Gasteiger partial charge in [0, 0.05) is 11.4 Å². The van der Waals surface area contributed by atoms with Crippen LogP contribution in [0.15, 0.2) is 54.6 Å². The van der Waals surface area contributed by atoms with E-state index in [4.69, 9.17) is 0 Å². The Labute approximate surface area is 144 Å². The molecule has 0 aliphatic rings. The number of benzene rings is 2. The molecule has 5 nitrogen and oxygen atoms in total. The van der Waals surface area contributed by atoms with Crippen molar-refractivity contribution in [2.75, 3.05) is 10.6 Å². The van der Waals surface area contributed by atoms with Crippen molar-refractivity contribution in [3.8, 4) is 0 Å². The zero-order valence-electron chi connectivity index (χ0n) is 13.9. The Morgan fingerprint density at radius 2 is 1.68 bits per heavy atom. The van der Waals surface area contributed by atoms with Gasteiger partial charge in [-0.2, -0.15) is 0 Å². The summed E-state index contributed by atoms with van der Waals surface area (Å²) in [5.41, 5.74) is 3.70. The third-order valence-electron chi connectivity index (χ3n) is 3.47. The summed E-state index contributed by atoms with van der Waals surface area (Å²) in [5, 5.41) is 13.7. The Morgan fingerprint density at radius 3 is 2.32 bits per heavy atom. The molecule has 6 heteroatoms. The summed E-state index contributed by atoms with van der Waals surface area (Å²) in [6.45, 7) is 4.04. The minimum Gasteiger partial charge on any atom is -0.339 e. The van der Waals surface area contributed by atoms with Crippen LogP contribution in [0.4, 0.5) is 21.6 Å². The lowest BCUT2D eigenvalue weighted by Gasteiger charge is -2.08. The second-order valence-corrected chi connectivity index (χ2v) is 5.77. The van der Waals surface area contributed by atoms with Crippen molar-refractivity contribution < 1.29 is 9.18 Å². The predicted molar refractivity (Wildman–Crippen MR) is 95.6 cm³/mol. The lowest BCUT2D eigenvalue weighted by atomic mass is 10.1. The molecular formula is C19H17FN4O. The Balaban J connectivity index is 1.70. The van der Waals surface area contributed by atoms with E-state index < -0.39 is 11.7 Å². The van der Waals surface area contributed by atoms with E-state index in [2.05, 4.69) is 26.9 Å². The summed E-state index contributed by atoms with van der Waals surface area (Å²) in [4.78, 5) is 12.1. The maximum Gasteiger partial charge on any atom is 0.276 e. The highest BCUT2D eigenvalue weighted by molar-refractivity contribution is 6.02. The van der Waals surface area contributed by atoms with Crippen LogP contribution in [0.1, 0.15) is 21.6 Å². The van der Waals surface area contributed by atoms with Gasteiger partial charge in [-0.15, -0.1) is 10.2 Å². The standard InChI is InChI=1S/C19H17FN4O/c1-12-8-13(2)10-16(9-12)21-18-7-6-17(23-24-18)19(25)22-15-5-3-4-14(20)11-15/h3-11H,1-2H3,(H,21,24)(H,22,25). The summed E-state index contributed by atoms with van der Waals surface area (Å²) in [6.07, 6.45) is 0. The molecule has 0 fully saturated rings. The van der Waals surface area contributed by atoms with Crippen molar-refractivity contribution in [3.05, 3.63) is 77.2 Å². The second-order valence-electron chi connectivity index (χ2n) is 5.77. The molecule has 1 amide bonds. The third-order valence-corrected chi connectivity index (χ3v) is 3.47. The van der Waals surface area contributed by atoms with Crippen LogP contribution < -0.4 is 10.6 Å². The summed E-state index contributed by atoms with van der Waals surface area (Å²) >= 11 is 0. The highest BCUT2D eigenvalue weighted by Crippen LogP contribution is 2.18. The molecule has 3 rings (SSSR count). The zero-order valence-corrected chi connectivity index (χ0v) is 13.9. The van der Waals surface area contributed by atoms with Crippen LogP contribution in [-0.4, -0.2) is 16.1 Å². The molecule has 2 N–H and O–H groups in total. The van der Waals surface area contributed by atoms with Crippen molar-refractivity contribution >= 4 is 23.1 Å². The molecular weight excluding hydrogens is 319 g/mol. The predicted octanol–water partition coefficient (Wildman–Crippen LogP) is 4.23. The van der Waals surface area contributed by atoms with E-state index in [9.17, 15) is 9.18 Å². The van der Waals surface area contributed by atoms with Crippen LogP contribution in [0.2, 0.25) is 0 Å². The highest BCUT2D eigenvalue weighted by atomic mass is 19.1. The number of anilines is 3. The van der Waals surface area contributed by atoms with Crippen LogP contribution in [0.3, 0.4) is 0 Å². The molecule has 0 aliphatic heterocycles. The first-order chi connectivity index (χ1) is 12.0. The molecule has 25 heavy (non-hydrogen) atoms. The van der Waals surface area contributed by atoms with Crippen LogP contribution in [-0.2, 0) is 0 Å². The largest absolute Gasteiger partial charge is 0.339 e. The number of hydrogen-bond donors (Lipinski definition) is 2. The SMILES string of the molecule is Cc1cc(C)cc(Nc2ccc(C(=O)Nc3cccc(F)c3)nn2)c1. The number of rotatable bonds is 4. The van der Waals surface area contributed by atoms with Gasteiger partial charge in [0.15, 0.2) is 11.5 Å². The molecule has 0 spiro atoms. The second kappa shape index (κ2) is 7.09. The van der Waals surface area contributed by atoms with Gasteiger partial charge in [0.05, 0.1) is 0 Å². The van der Waals surface area contributed by atoms with Crippen LogP contribution in [0.25, 0.3) is 0 Å². The molecule has 0 saturated heterocycles. The molecule has 0 atom stereocenters. The number of carbonyl (C=O) groups excluding carboxylic acids is 1. The molecule has 1 aromatic heterocycles. The smallest absolute Gasteiger partial charge is 0.276 e. The Kier molecular flexibility index (Phi) is 4.70. The fourth-order valence-electron chi connectivity index (χ4n) is 2.48. The van der Waals surface area contributed by atoms with E-state index >= 15 is 0 Å². The van der Waals surface area contributed by atoms with Crippen LogP contribution in [0.5, 0.6) is 0 Å². The summed E-state index contributed by atoms with van der Waals surface area (Å²) in [6, 6.07) is 15.0. The zero-order chi connectivity index (χ0) is 17.8. The Hall–Kier alpha value is -3.28. The first-order valence-corrected chi connectivity index (χ1v) is 7.75. The van der Waals surface area contributed by atoms with Crippen molar-refractivity contribution in [2.45, 2.75) is 13.8 Å². The van der Waals surface area contributed by atoms with E-state index in [1.807, 2.05) is 26.0 Å². The first-order valence-electron chi connectivity index (χ1n) is 7.75. The van der Waals surface area contributed by atoms with Gasteiger partial charge in [-0.05, 0) is 67.4 Å². The van der Waals surface area contributed by atoms with E-state index in [1.54, 1.807) is 18.2 Å². The Bertz CT molecular complexity index is 889. The van der Waals surface area contributed by atoms with Gasteiger partial charge >= 0.3 is 0 Å². The number of nitrogens with zero attached hydrogens (tertiary/aromatic N) is 2. The number of aryl methyl sites for hydroxylation is 2. The topological polar surface area (TPSA) is 66.9 Å². The molecule has 1 heterocycles. The fraction of sp³-hybridized carbons (Fsp3) is 0.105. The minimum absolute atomic E-state index is 0.148. The quantitative estimate of drug-likeness (QED) is 0.748. The lowest BCUT2D eigenvalue weighted by molar-refractivity contribution is 0.102. The average molecular weight is 336 g/mol. The number of amides is 1. The van der Waals surface area contributed by atoms with Gasteiger partial charge in [0.2, 0.25) is 0 Å². The number of carbonyl (C=O) groups is 1. The van der Waals surface area contributed by atoms with Crippen molar-refractivity contribution in [1.29, 1.82) is 0 Å². The molecule has 0 aliphatic carbocycles. The molecule has 126 valence electrons. The number of aromatic nitrogens is 2. The number of nitrogens with one attached hydrogen (secondary N) is 2. The van der Waals surface area contributed by atoms with E-state index in [0.717, 1.165) is 16.8 Å². The van der Waals surface area contributed by atoms with Gasteiger partial charge in [0.25, 0.3) is 5.91 Å². The van der Waals surface area contributed by atoms with E-state index in [-0.39, 0.29) is 5.69 Å². The summed E-state index contributed by atoms with van der Waals surface area (Å²) in [5.74, 6) is -0.333. The fourth-order valence-corrected chi connectivity index (χ4v) is 2.48. The number of halogens is 1. The maximum atomic E-state index is 13.1. The monoisotopic (exact) mass is 336 g/mol. The highest BCUT2D eigenvalue weighted by Gasteiger charge is 2.09. The minimum atomic E-state index is -0.448. The Morgan fingerprint density at radius 1 is 0.920 bits per heavy atom. The molecule has 0 radical (unpaired) electrons. The first kappa shape index (κ1) is 16.6. The van der Waals surface area contributed by atoms with Crippen molar-refractivity contribution in [3.63, 3.8) is 0 Å². The summed E-state index contributed by atoms with van der Waals surface area (Å²) < 4.78 is 13.1. The molecule has 2 aromatic carbocycles. The maximum absolute atomic E-state index is 13.1. The molecule has 0 unspecified atom stereocenters. The van der Waals surface area contributed by atoms with E-state index in [1.165, 1.54) is 18.2 Å². The molecule has 0 saturated carbocycles. The van der Waals surface area contributed by atoms with Crippen molar-refractivity contribution in [2.24, 2.45) is 0 Å². The molecule has 3 aromatic rings. The normalized spacial score (nSPS) is 10.4. The third kappa shape index (κ3) is 4.38. The number of hydrogen-bond acceptors (Lipinski definition) is 4. The van der Waals surface area contributed by atoms with Gasteiger partial charge in [0.1, 0.15) is 5.82 Å². The van der Waals surface area contributed by atoms with Crippen molar-refractivity contribution in [1.82, 2.24) is 10.2 Å². The average Bonchev–Trinajstić information content (AvgIpc) is 2.54. The lowest BCUT2D eigenvalue weighted by Crippen LogP contribution is -2.14. The van der Waals surface area contributed by atoms with Gasteiger partial charge in [-0.1, -0.05) is 12.1 Å². The summed E-state index contributed by atoms with van der Waals surface area (Å²) in [7, 11) is 0. The van der Waals surface area contributed by atoms with Crippen LogP contribution in [0, 0.1) is 19.7 Å². The van der Waals surface area contributed by atoms with Gasteiger partial charge < -0.3 is 10.6 Å². The van der Waals surface area contributed by atoms with E-state index in [0.29, 0.717) is 11.5 Å².